The summed E-state index contributed by atoms with van der Waals surface area (Å²) in [4.78, 5) is 3.88. The van der Waals surface area contributed by atoms with Crippen molar-refractivity contribution in [2.24, 2.45) is 5.73 Å². The predicted molar refractivity (Wildman–Crippen MR) is 54.2 cm³/mol. The Balaban J connectivity index is 2.85. The predicted octanol–water partition coefficient (Wildman–Crippen LogP) is 1.02. The molecule has 1 heterocycles. The van der Waals surface area contributed by atoms with Gasteiger partial charge in [0.2, 0.25) is 0 Å². The first-order valence-corrected chi connectivity index (χ1v) is 4.22. The van der Waals surface area contributed by atoms with Crippen LogP contribution >= 0.6 is 11.6 Å². The summed E-state index contributed by atoms with van der Waals surface area (Å²) in [6.45, 7) is 0.549. The van der Waals surface area contributed by atoms with Gasteiger partial charge in [-0.3, -0.25) is 0 Å². The van der Waals surface area contributed by atoms with E-state index in [1.165, 1.54) is 0 Å². The maximum Gasteiger partial charge on any atom is 0.124 e. The summed E-state index contributed by atoms with van der Waals surface area (Å²) in [5.74, 6) is 6.13. The van der Waals surface area contributed by atoms with Crippen molar-refractivity contribution in [2.45, 2.75) is 6.42 Å². The molecule has 4 heteroatoms. The van der Waals surface area contributed by atoms with Crippen LogP contribution in [0.1, 0.15) is 12.0 Å². The van der Waals surface area contributed by atoms with Crippen LogP contribution in [0.3, 0.4) is 0 Å². The Morgan fingerprint density at radius 2 is 2.31 bits per heavy atom. The quantitative estimate of drug-likeness (QED) is 0.658. The Bertz CT molecular complexity index is 352. The molecule has 0 bridgehead atoms. The van der Waals surface area contributed by atoms with Gasteiger partial charge in [-0.25, -0.2) is 4.98 Å². The molecule has 1 aromatic rings. The lowest BCUT2D eigenvalue weighted by Gasteiger charge is -1.95. The molecule has 1 aromatic heterocycles. The summed E-state index contributed by atoms with van der Waals surface area (Å²) < 4.78 is 0. The van der Waals surface area contributed by atoms with E-state index >= 15 is 0 Å². The molecule has 0 saturated heterocycles. The van der Waals surface area contributed by atoms with E-state index in [2.05, 4.69) is 16.8 Å². The Morgan fingerprint density at radius 3 is 2.92 bits per heavy atom. The summed E-state index contributed by atoms with van der Waals surface area (Å²) in [6, 6.07) is 1.58. The van der Waals surface area contributed by atoms with E-state index < -0.39 is 0 Å². The van der Waals surface area contributed by atoms with E-state index in [9.17, 15) is 0 Å². The van der Waals surface area contributed by atoms with Crippen LogP contribution in [0.4, 0.5) is 5.82 Å². The second-order valence-electron chi connectivity index (χ2n) is 2.43. The van der Waals surface area contributed by atoms with Crippen LogP contribution in [-0.2, 0) is 0 Å². The van der Waals surface area contributed by atoms with E-state index in [-0.39, 0.29) is 0 Å². The van der Waals surface area contributed by atoms with Gasteiger partial charge in [0.15, 0.2) is 0 Å². The third-order valence-corrected chi connectivity index (χ3v) is 1.68. The minimum absolute atomic E-state index is 0.398. The average Bonchev–Trinajstić information content (AvgIpc) is 2.09. The first kappa shape index (κ1) is 9.85. The van der Waals surface area contributed by atoms with Crippen molar-refractivity contribution in [3.8, 4) is 11.8 Å². The van der Waals surface area contributed by atoms with E-state index in [1.807, 2.05) is 0 Å². The van der Waals surface area contributed by atoms with Gasteiger partial charge in [0.25, 0.3) is 0 Å². The zero-order valence-corrected chi connectivity index (χ0v) is 7.80. The molecular weight excluding hydrogens is 186 g/mol. The topological polar surface area (TPSA) is 64.9 Å². The van der Waals surface area contributed by atoms with Gasteiger partial charge in [-0.1, -0.05) is 23.4 Å². The number of hydrogen-bond acceptors (Lipinski definition) is 3. The van der Waals surface area contributed by atoms with Crippen LogP contribution in [0, 0.1) is 11.8 Å². The van der Waals surface area contributed by atoms with Crippen LogP contribution in [-0.4, -0.2) is 11.5 Å². The van der Waals surface area contributed by atoms with E-state index in [0.29, 0.717) is 29.4 Å². The number of nitrogens with two attached hydrogens (primary N) is 2. The molecular formula is C9H10ClN3. The molecule has 13 heavy (non-hydrogen) atoms. The molecule has 0 atom stereocenters. The molecule has 0 aliphatic heterocycles. The number of nitrogens with zero attached hydrogens (tertiary/aromatic N) is 1. The zero-order chi connectivity index (χ0) is 9.68. The van der Waals surface area contributed by atoms with Crippen molar-refractivity contribution in [1.82, 2.24) is 4.98 Å². The largest absolute Gasteiger partial charge is 0.384 e. The highest BCUT2D eigenvalue weighted by Gasteiger charge is 1.96. The van der Waals surface area contributed by atoms with E-state index in [1.54, 1.807) is 12.3 Å². The number of pyridine rings is 1. The Kier molecular flexibility index (Phi) is 3.56. The van der Waals surface area contributed by atoms with Gasteiger partial charge in [0.1, 0.15) is 5.82 Å². The summed E-state index contributed by atoms with van der Waals surface area (Å²) in [5.41, 5.74) is 11.4. The summed E-state index contributed by atoms with van der Waals surface area (Å²) in [7, 11) is 0. The van der Waals surface area contributed by atoms with Crippen LogP contribution in [0.15, 0.2) is 12.3 Å². The van der Waals surface area contributed by atoms with Crippen molar-refractivity contribution in [1.29, 1.82) is 0 Å². The fraction of sp³-hybridized carbons (Fsp3) is 0.222. The van der Waals surface area contributed by atoms with Crippen molar-refractivity contribution < 1.29 is 0 Å². The van der Waals surface area contributed by atoms with Crippen LogP contribution in [0.25, 0.3) is 0 Å². The maximum atomic E-state index is 5.85. The summed E-state index contributed by atoms with van der Waals surface area (Å²) >= 11 is 5.85. The Labute approximate surface area is 82.1 Å². The van der Waals surface area contributed by atoms with Crippen molar-refractivity contribution in [2.75, 3.05) is 12.3 Å². The first-order chi connectivity index (χ1) is 6.24. The monoisotopic (exact) mass is 195 g/mol. The Morgan fingerprint density at radius 1 is 1.54 bits per heavy atom. The second-order valence-corrected chi connectivity index (χ2v) is 2.84. The van der Waals surface area contributed by atoms with Crippen molar-refractivity contribution >= 4 is 17.4 Å². The zero-order valence-electron chi connectivity index (χ0n) is 7.05. The van der Waals surface area contributed by atoms with Gasteiger partial charge >= 0.3 is 0 Å². The summed E-state index contributed by atoms with van der Waals surface area (Å²) in [6.07, 6.45) is 2.21. The molecule has 0 spiro atoms. The van der Waals surface area contributed by atoms with Gasteiger partial charge in [-0.15, -0.1) is 0 Å². The van der Waals surface area contributed by atoms with Gasteiger partial charge in [0, 0.05) is 25.2 Å². The minimum atomic E-state index is 0.398. The lowest BCUT2D eigenvalue weighted by atomic mass is 10.2. The molecule has 4 N–H and O–H groups in total. The smallest absolute Gasteiger partial charge is 0.124 e. The average molecular weight is 196 g/mol. The highest BCUT2D eigenvalue weighted by atomic mass is 35.5. The van der Waals surface area contributed by atoms with E-state index in [4.69, 9.17) is 23.1 Å². The van der Waals surface area contributed by atoms with Gasteiger partial charge in [-0.2, -0.15) is 0 Å². The third-order valence-electron chi connectivity index (χ3n) is 1.37. The lowest BCUT2D eigenvalue weighted by Crippen LogP contribution is -1.95. The number of anilines is 1. The fourth-order valence-electron chi connectivity index (χ4n) is 0.767. The SMILES string of the molecule is NCCC#Cc1cnc(N)cc1Cl. The van der Waals surface area contributed by atoms with Gasteiger partial charge < -0.3 is 11.5 Å². The standard InChI is InChI=1S/C9H10ClN3/c10-8-5-9(12)13-6-7(8)3-1-2-4-11/h5-6H,2,4,11H2,(H2,12,13). The number of halogens is 1. The number of hydrogen-bond donors (Lipinski definition) is 2. The number of aromatic nitrogens is 1. The molecule has 1 rings (SSSR count). The Hall–Kier alpha value is -1.24. The molecule has 0 unspecified atom stereocenters. The lowest BCUT2D eigenvalue weighted by molar-refractivity contribution is 1.03. The van der Waals surface area contributed by atoms with Crippen molar-refractivity contribution in [3.05, 3.63) is 22.8 Å². The van der Waals surface area contributed by atoms with Crippen LogP contribution < -0.4 is 11.5 Å². The first-order valence-electron chi connectivity index (χ1n) is 3.84. The molecule has 68 valence electrons. The molecule has 0 radical (unpaired) electrons. The van der Waals surface area contributed by atoms with E-state index in [0.717, 1.165) is 0 Å². The van der Waals surface area contributed by atoms with Crippen LogP contribution in [0.2, 0.25) is 5.02 Å². The third kappa shape index (κ3) is 2.94. The number of rotatable bonds is 1. The van der Waals surface area contributed by atoms with Gasteiger partial charge in [0.05, 0.1) is 10.6 Å². The molecule has 0 amide bonds. The fourth-order valence-corrected chi connectivity index (χ4v) is 0.975. The second kappa shape index (κ2) is 4.70. The molecule has 0 saturated carbocycles. The minimum Gasteiger partial charge on any atom is -0.384 e. The van der Waals surface area contributed by atoms with Crippen molar-refractivity contribution in [3.63, 3.8) is 0 Å². The molecule has 3 nitrogen and oxygen atoms in total. The molecule has 0 aromatic carbocycles. The highest BCUT2D eigenvalue weighted by molar-refractivity contribution is 6.31. The molecule has 0 aliphatic carbocycles. The normalized spacial score (nSPS) is 9.08. The maximum absolute atomic E-state index is 5.85. The summed E-state index contributed by atoms with van der Waals surface area (Å²) in [5, 5.41) is 0.525. The van der Waals surface area contributed by atoms with Crippen LogP contribution in [0.5, 0.6) is 0 Å². The highest BCUT2D eigenvalue weighted by Crippen LogP contribution is 2.15. The molecule has 0 fully saturated rings. The number of nitrogen functional groups attached to an aromatic ring is 1. The molecule has 0 aliphatic rings. The van der Waals surface area contributed by atoms with Gasteiger partial charge in [-0.05, 0) is 0 Å².